The summed E-state index contributed by atoms with van der Waals surface area (Å²) in [5.74, 6) is 2.47. The van der Waals surface area contributed by atoms with Gasteiger partial charge in [0.25, 0.3) is 0 Å². The second-order valence-corrected chi connectivity index (χ2v) is 7.91. The van der Waals surface area contributed by atoms with Crippen LogP contribution in [0.2, 0.25) is 0 Å². The van der Waals surface area contributed by atoms with Crippen molar-refractivity contribution in [1.29, 1.82) is 0 Å². The third kappa shape index (κ3) is 3.10. The zero-order valence-corrected chi connectivity index (χ0v) is 15.6. The Balaban J connectivity index is 1.45. The lowest BCUT2D eigenvalue weighted by Crippen LogP contribution is -2.23. The van der Waals surface area contributed by atoms with Gasteiger partial charge in [0.1, 0.15) is 17.7 Å². The van der Waals surface area contributed by atoms with Gasteiger partial charge < -0.3 is 10.5 Å². The Labute approximate surface area is 159 Å². The largest absolute Gasteiger partial charge is 0.484 e. The normalized spacial score (nSPS) is 23.3. The number of nitrogens with zero attached hydrogens (tertiary/aromatic N) is 3. The van der Waals surface area contributed by atoms with Crippen molar-refractivity contribution >= 4 is 5.65 Å². The number of pyridine rings is 1. The Hall–Kier alpha value is -2.40. The highest BCUT2D eigenvalue weighted by Crippen LogP contribution is 2.38. The summed E-state index contributed by atoms with van der Waals surface area (Å²) in [5.41, 5.74) is 9.61. The first-order chi connectivity index (χ1) is 13.3. The van der Waals surface area contributed by atoms with Crippen molar-refractivity contribution in [3.05, 3.63) is 59.5 Å². The van der Waals surface area contributed by atoms with Gasteiger partial charge in [0.15, 0.2) is 5.65 Å². The van der Waals surface area contributed by atoms with Gasteiger partial charge in [-0.05, 0) is 48.9 Å². The number of hydrogen-bond acceptors (Lipinski definition) is 4. The van der Waals surface area contributed by atoms with E-state index in [4.69, 9.17) is 10.5 Å². The van der Waals surface area contributed by atoms with Crippen molar-refractivity contribution in [3.8, 4) is 5.75 Å². The molecule has 0 amide bonds. The Morgan fingerprint density at radius 1 is 0.889 bits per heavy atom. The van der Waals surface area contributed by atoms with E-state index in [1.807, 2.05) is 12.1 Å². The smallest absolute Gasteiger partial charge is 0.161 e. The van der Waals surface area contributed by atoms with Gasteiger partial charge >= 0.3 is 0 Å². The SMILES string of the molecule is N[C@H]1CC[C@@H](Oc2ccc3nnc(C4CCCCC4)n3c2)c2ccccc21. The van der Waals surface area contributed by atoms with Crippen molar-refractivity contribution in [2.45, 2.75) is 63.0 Å². The molecule has 0 radical (unpaired) electrons. The molecule has 1 fully saturated rings. The molecule has 0 spiro atoms. The van der Waals surface area contributed by atoms with Crippen LogP contribution in [0.3, 0.4) is 0 Å². The molecule has 1 saturated carbocycles. The van der Waals surface area contributed by atoms with Gasteiger partial charge in [0, 0.05) is 12.0 Å². The van der Waals surface area contributed by atoms with Crippen LogP contribution in [0.4, 0.5) is 0 Å². The van der Waals surface area contributed by atoms with Gasteiger partial charge in [-0.3, -0.25) is 4.40 Å². The first-order valence-electron chi connectivity index (χ1n) is 10.2. The lowest BCUT2D eigenvalue weighted by atomic mass is 9.86. The van der Waals surface area contributed by atoms with Gasteiger partial charge in [0.2, 0.25) is 0 Å². The quantitative estimate of drug-likeness (QED) is 0.734. The number of hydrogen-bond donors (Lipinski definition) is 1. The average molecular weight is 362 g/mol. The Bertz CT molecular complexity index is 944. The fourth-order valence-corrected chi connectivity index (χ4v) is 4.67. The molecule has 0 bridgehead atoms. The summed E-state index contributed by atoms with van der Waals surface area (Å²) in [4.78, 5) is 0. The maximum atomic E-state index is 6.42. The summed E-state index contributed by atoms with van der Waals surface area (Å²) in [7, 11) is 0. The van der Waals surface area contributed by atoms with E-state index in [0.29, 0.717) is 5.92 Å². The molecule has 0 unspecified atom stereocenters. The van der Waals surface area contributed by atoms with E-state index >= 15 is 0 Å². The fraction of sp³-hybridized carbons (Fsp3) is 0.455. The molecule has 5 nitrogen and oxygen atoms in total. The second-order valence-electron chi connectivity index (χ2n) is 7.91. The van der Waals surface area contributed by atoms with Crippen molar-refractivity contribution < 1.29 is 4.74 Å². The monoisotopic (exact) mass is 362 g/mol. The van der Waals surface area contributed by atoms with Crippen LogP contribution in [0.25, 0.3) is 5.65 Å². The van der Waals surface area contributed by atoms with Crippen LogP contribution in [0.1, 0.15) is 80.0 Å². The molecule has 140 valence electrons. The first-order valence-corrected chi connectivity index (χ1v) is 10.2. The summed E-state index contributed by atoms with van der Waals surface area (Å²) in [6.07, 6.45) is 10.3. The van der Waals surface area contributed by atoms with Crippen molar-refractivity contribution in [1.82, 2.24) is 14.6 Å². The van der Waals surface area contributed by atoms with E-state index in [1.54, 1.807) is 0 Å². The van der Waals surface area contributed by atoms with Crippen molar-refractivity contribution in [2.24, 2.45) is 5.73 Å². The van der Waals surface area contributed by atoms with Crippen LogP contribution in [0.15, 0.2) is 42.6 Å². The molecular formula is C22H26N4O. The summed E-state index contributed by atoms with van der Waals surface area (Å²) < 4.78 is 8.55. The van der Waals surface area contributed by atoms with Gasteiger partial charge in [-0.15, -0.1) is 10.2 Å². The maximum Gasteiger partial charge on any atom is 0.161 e. The summed E-state index contributed by atoms with van der Waals surface area (Å²) in [6.45, 7) is 0. The van der Waals surface area contributed by atoms with Crippen LogP contribution < -0.4 is 10.5 Å². The Morgan fingerprint density at radius 3 is 2.56 bits per heavy atom. The highest BCUT2D eigenvalue weighted by atomic mass is 16.5. The average Bonchev–Trinajstić information content (AvgIpc) is 3.14. The van der Waals surface area contributed by atoms with E-state index < -0.39 is 0 Å². The molecule has 5 heteroatoms. The first kappa shape index (κ1) is 16.8. The third-order valence-corrected chi connectivity index (χ3v) is 6.13. The molecule has 0 saturated heterocycles. The molecule has 2 aliphatic rings. The van der Waals surface area contributed by atoms with Gasteiger partial charge in [-0.1, -0.05) is 43.5 Å². The topological polar surface area (TPSA) is 65.4 Å². The van der Waals surface area contributed by atoms with Crippen LogP contribution in [0, 0.1) is 0 Å². The van der Waals surface area contributed by atoms with Crippen LogP contribution in [-0.4, -0.2) is 14.6 Å². The molecule has 3 aromatic rings. The van der Waals surface area contributed by atoms with Gasteiger partial charge in [0.05, 0.1) is 6.20 Å². The minimum Gasteiger partial charge on any atom is -0.484 e. The van der Waals surface area contributed by atoms with Crippen LogP contribution in [-0.2, 0) is 0 Å². The molecule has 2 atom stereocenters. The lowest BCUT2D eigenvalue weighted by Gasteiger charge is -2.30. The molecular weight excluding hydrogens is 336 g/mol. The summed E-state index contributed by atoms with van der Waals surface area (Å²) in [5, 5.41) is 8.86. The predicted octanol–water partition coefficient (Wildman–Crippen LogP) is 4.69. The minimum absolute atomic E-state index is 0.0491. The number of aromatic nitrogens is 3. The maximum absolute atomic E-state index is 6.42. The molecule has 2 heterocycles. The van der Waals surface area contributed by atoms with Crippen LogP contribution >= 0.6 is 0 Å². The minimum atomic E-state index is 0.0491. The molecule has 0 aliphatic heterocycles. The van der Waals surface area contributed by atoms with Crippen molar-refractivity contribution in [3.63, 3.8) is 0 Å². The molecule has 2 aromatic heterocycles. The molecule has 27 heavy (non-hydrogen) atoms. The van der Waals surface area contributed by atoms with E-state index in [1.165, 1.54) is 43.2 Å². The number of nitrogens with two attached hydrogens (primary N) is 1. The molecule has 2 N–H and O–H groups in total. The Morgan fingerprint density at radius 2 is 1.70 bits per heavy atom. The number of fused-ring (bicyclic) bond motifs is 2. The fourth-order valence-electron chi connectivity index (χ4n) is 4.67. The van der Waals surface area contributed by atoms with Gasteiger partial charge in [-0.2, -0.15) is 0 Å². The predicted molar refractivity (Wildman–Crippen MR) is 105 cm³/mol. The number of benzene rings is 1. The van der Waals surface area contributed by atoms with E-state index in [2.05, 4.69) is 45.1 Å². The Kier molecular flexibility index (Phi) is 4.32. The summed E-state index contributed by atoms with van der Waals surface area (Å²) in [6, 6.07) is 12.5. The highest BCUT2D eigenvalue weighted by Gasteiger charge is 2.26. The highest BCUT2D eigenvalue weighted by molar-refractivity contribution is 5.42. The molecule has 1 aromatic carbocycles. The lowest BCUT2D eigenvalue weighted by molar-refractivity contribution is 0.176. The van der Waals surface area contributed by atoms with Crippen LogP contribution in [0.5, 0.6) is 5.75 Å². The standard InChI is InChI=1S/C22H26N4O/c23-19-11-12-20(18-9-5-4-8-17(18)19)27-16-10-13-21-24-25-22(26(21)14-16)15-6-2-1-3-7-15/h4-5,8-10,13-15,19-20H,1-3,6-7,11-12,23H2/t19-,20+/m0/s1. The zero-order chi connectivity index (χ0) is 18.2. The van der Waals surface area contributed by atoms with Crippen molar-refractivity contribution in [2.75, 3.05) is 0 Å². The van der Waals surface area contributed by atoms with E-state index in [9.17, 15) is 0 Å². The summed E-state index contributed by atoms with van der Waals surface area (Å²) >= 11 is 0. The number of rotatable bonds is 3. The zero-order valence-electron chi connectivity index (χ0n) is 15.6. The molecule has 2 aliphatic carbocycles. The third-order valence-electron chi connectivity index (χ3n) is 6.13. The second kappa shape index (κ2) is 6.97. The number of ether oxygens (including phenoxy) is 1. The van der Waals surface area contributed by atoms with Gasteiger partial charge in [-0.25, -0.2) is 0 Å². The van der Waals surface area contributed by atoms with E-state index in [-0.39, 0.29) is 12.1 Å². The van der Waals surface area contributed by atoms with E-state index in [0.717, 1.165) is 30.1 Å². The molecule has 5 rings (SSSR count).